The first-order valence-electron chi connectivity index (χ1n) is 4.98. The van der Waals surface area contributed by atoms with Gasteiger partial charge < -0.3 is 14.5 Å². The molecule has 0 atom stereocenters. The molecule has 5 nitrogen and oxygen atoms in total. The number of nitrogens with zero attached hydrogens (tertiary/aromatic N) is 1. The lowest BCUT2D eigenvalue weighted by Crippen LogP contribution is -2.03. The summed E-state index contributed by atoms with van der Waals surface area (Å²) in [5.74, 6) is 0.453. The van der Waals surface area contributed by atoms with E-state index >= 15 is 0 Å². The Hall–Kier alpha value is -2.04. The maximum atomic E-state index is 10.9. The van der Waals surface area contributed by atoms with E-state index in [1.54, 1.807) is 13.2 Å². The molecule has 0 amide bonds. The number of imidazole rings is 1. The smallest absolute Gasteiger partial charge is 0.356 e. The number of aromatic nitrogens is 2. The highest BCUT2D eigenvalue weighted by Crippen LogP contribution is 2.11. The van der Waals surface area contributed by atoms with Crippen LogP contribution in [-0.4, -0.2) is 21.0 Å². The van der Waals surface area contributed by atoms with Crippen LogP contribution in [0.2, 0.25) is 0 Å². The lowest BCUT2D eigenvalue weighted by Gasteiger charge is -1.97. The van der Waals surface area contributed by atoms with Gasteiger partial charge in [-0.05, 0) is 25.5 Å². The predicted octanol–water partition coefficient (Wildman–Crippen LogP) is 1.79. The van der Waals surface area contributed by atoms with Gasteiger partial charge in [-0.15, -0.1) is 0 Å². The average molecular weight is 220 g/mol. The fourth-order valence-electron chi connectivity index (χ4n) is 1.60. The highest BCUT2D eigenvalue weighted by Gasteiger charge is 2.15. The molecule has 0 aliphatic heterocycles. The van der Waals surface area contributed by atoms with Crippen LogP contribution in [0.1, 0.15) is 27.8 Å². The highest BCUT2D eigenvalue weighted by atomic mass is 16.4. The van der Waals surface area contributed by atoms with Crippen LogP contribution in [0, 0.1) is 6.92 Å². The van der Waals surface area contributed by atoms with Crippen molar-refractivity contribution in [3.63, 3.8) is 0 Å². The van der Waals surface area contributed by atoms with Crippen molar-refractivity contribution in [1.82, 2.24) is 9.97 Å². The van der Waals surface area contributed by atoms with Gasteiger partial charge in [-0.25, -0.2) is 9.78 Å². The number of nitrogens with one attached hydrogen (secondary N) is 1. The van der Waals surface area contributed by atoms with Crippen molar-refractivity contribution in [2.45, 2.75) is 19.8 Å². The summed E-state index contributed by atoms with van der Waals surface area (Å²) in [7, 11) is 0. The SMILES string of the molecule is Cc1nc(C(=O)O)c(CCc2ccco2)[nH]1. The molecule has 0 bridgehead atoms. The van der Waals surface area contributed by atoms with Gasteiger partial charge >= 0.3 is 5.97 Å². The van der Waals surface area contributed by atoms with E-state index in [-0.39, 0.29) is 5.69 Å². The van der Waals surface area contributed by atoms with Crippen molar-refractivity contribution >= 4 is 5.97 Å². The molecule has 2 aromatic heterocycles. The molecule has 5 heteroatoms. The summed E-state index contributed by atoms with van der Waals surface area (Å²) in [6.45, 7) is 1.74. The molecule has 0 aliphatic carbocycles. The van der Waals surface area contributed by atoms with E-state index in [0.29, 0.717) is 24.4 Å². The van der Waals surface area contributed by atoms with Crippen molar-refractivity contribution < 1.29 is 14.3 Å². The first kappa shape index (κ1) is 10.5. The topological polar surface area (TPSA) is 79.1 Å². The van der Waals surface area contributed by atoms with Gasteiger partial charge in [0.05, 0.1) is 12.0 Å². The summed E-state index contributed by atoms with van der Waals surface area (Å²) in [4.78, 5) is 17.8. The Bertz CT molecular complexity index is 485. The second-order valence-corrected chi connectivity index (χ2v) is 3.53. The normalized spacial score (nSPS) is 10.6. The third-order valence-corrected chi connectivity index (χ3v) is 2.30. The standard InChI is InChI=1S/C11H12N2O3/c1-7-12-9(10(13-7)11(14)15)5-4-8-3-2-6-16-8/h2-3,6H,4-5H2,1H3,(H,12,13)(H,14,15). The van der Waals surface area contributed by atoms with E-state index in [4.69, 9.17) is 9.52 Å². The number of rotatable bonds is 4. The maximum absolute atomic E-state index is 10.9. The molecule has 0 fully saturated rings. The minimum absolute atomic E-state index is 0.101. The van der Waals surface area contributed by atoms with Crippen LogP contribution in [0.3, 0.4) is 0 Å². The number of carbonyl (C=O) groups is 1. The van der Waals surface area contributed by atoms with Gasteiger partial charge in [0.2, 0.25) is 0 Å². The van der Waals surface area contributed by atoms with E-state index in [9.17, 15) is 4.79 Å². The molecule has 0 saturated carbocycles. The molecule has 2 heterocycles. The fraction of sp³-hybridized carbons (Fsp3) is 0.273. The van der Waals surface area contributed by atoms with E-state index < -0.39 is 5.97 Å². The van der Waals surface area contributed by atoms with E-state index in [1.807, 2.05) is 12.1 Å². The van der Waals surface area contributed by atoms with Crippen LogP contribution in [0.5, 0.6) is 0 Å². The lowest BCUT2D eigenvalue weighted by molar-refractivity contribution is 0.0689. The van der Waals surface area contributed by atoms with Crippen molar-refractivity contribution in [1.29, 1.82) is 0 Å². The third-order valence-electron chi connectivity index (χ3n) is 2.30. The van der Waals surface area contributed by atoms with Crippen LogP contribution >= 0.6 is 0 Å². The number of aromatic amines is 1. The Labute approximate surface area is 92.1 Å². The zero-order valence-electron chi connectivity index (χ0n) is 8.86. The molecule has 0 aromatic carbocycles. The summed E-state index contributed by atoms with van der Waals surface area (Å²) in [6.07, 6.45) is 2.84. The van der Waals surface area contributed by atoms with Crippen LogP contribution in [0.15, 0.2) is 22.8 Å². The number of aromatic carboxylic acids is 1. The molecule has 0 spiro atoms. The van der Waals surface area contributed by atoms with Crippen molar-refractivity contribution in [3.05, 3.63) is 41.4 Å². The lowest BCUT2D eigenvalue weighted by atomic mass is 10.2. The summed E-state index contributed by atoms with van der Waals surface area (Å²) in [5, 5.41) is 8.93. The van der Waals surface area contributed by atoms with Gasteiger partial charge in [-0.3, -0.25) is 0 Å². The molecule has 2 aromatic rings. The summed E-state index contributed by atoms with van der Waals surface area (Å²) < 4.78 is 5.18. The molecule has 16 heavy (non-hydrogen) atoms. The maximum Gasteiger partial charge on any atom is 0.356 e. The molecular formula is C11H12N2O3. The van der Waals surface area contributed by atoms with E-state index in [1.165, 1.54) is 0 Å². The van der Waals surface area contributed by atoms with Gasteiger partial charge in [0.15, 0.2) is 5.69 Å². The minimum atomic E-state index is -1.00. The zero-order valence-corrected chi connectivity index (χ0v) is 8.86. The number of hydrogen-bond acceptors (Lipinski definition) is 3. The molecule has 84 valence electrons. The van der Waals surface area contributed by atoms with Gasteiger partial charge in [0.25, 0.3) is 0 Å². The Kier molecular flexibility index (Phi) is 2.76. The summed E-state index contributed by atoms with van der Waals surface area (Å²) in [5.41, 5.74) is 0.741. The number of hydrogen-bond donors (Lipinski definition) is 2. The summed E-state index contributed by atoms with van der Waals surface area (Å²) in [6, 6.07) is 3.68. The van der Waals surface area contributed by atoms with E-state index in [2.05, 4.69) is 9.97 Å². The van der Waals surface area contributed by atoms with Crippen LogP contribution in [0.25, 0.3) is 0 Å². The molecule has 0 radical (unpaired) electrons. The Morgan fingerprint density at radius 1 is 1.56 bits per heavy atom. The largest absolute Gasteiger partial charge is 0.476 e. The van der Waals surface area contributed by atoms with Crippen molar-refractivity contribution in [2.75, 3.05) is 0 Å². The second-order valence-electron chi connectivity index (χ2n) is 3.53. The minimum Gasteiger partial charge on any atom is -0.476 e. The number of H-pyrrole nitrogens is 1. The van der Waals surface area contributed by atoms with Gasteiger partial charge in [-0.2, -0.15) is 0 Å². The zero-order chi connectivity index (χ0) is 11.5. The molecule has 0 saturated heterocycles. The molecule has 2 N–H and O–H groups in total. The second kappa shape index (κ2) is 4.22. The van der Waals surface area contributed by atoms with E-state index in [0.717, 1.165) is 5.76 Å². The van der Waals surface area contributed by atoms with Crippen LogP contribution in [-0.2, 0) is 12.8 Å². The Morgan fingerprint density at radius 2 is 2.38 bits per heavy atom. The fourth-order valence-corrected chi connectivity index (χ4v) is 1.60. The monoisotopic (exact) mass is 220 g/mol. The van der Waals surface area contributed by atoms with Gasteiger partial charge in [0.1, 0.15) is 11.6 Å². The molecule has 0 aliphatic rings. The number of aryl methyl sites for hydroxylation is 3. The Morgan fingerprint density at radius 3 is 3.00 bits per heavy atom. The third kappa shape index (κ3) is 2.13. The number of carboxylic acids is 1. The van der Waals surface area contributed by atoms with Crippen molar-refractivity contribution in [2.24, 2.45) is 0 Å². The molecular weight excluding hydrogens is 208 g/mol. The highest BCUT2D eigenvalue weighted by molar-refractivity contribution is 5.86. The predicted molar refractivity (Wildman–Crippen MR) is 56.4 cm³/mol. The van der Waals surface area contributed by atoms with Gasteiger partial charge in [-0.1, -0.05) is 0 Å². The van der Waals surface area contributed by atoms with Gasteiger partial charge in [0, 0.05) is 6.42 Å². The van der Waals surface area contributed by atoms with Crippen molar-refractivity contribution in [3.8, 4) is 0 Å². The van der Waals surface area contributed by atoms with Crippen LogP contribution in [0.4, 0.5) is 0 Å². The Balaban J connectivity index is 2.12. The molecule has 2 rings (SSSR count). The number of carboxylic acid groups (broad SMARTS) is 1. The summed E-state index contributed by atoms with van der Waals surface area (Å²) >= 11 is 0. The number of furan rings is 1. The first-order chi connectivity index (χ1) is 7.66. The first-order valence-corrected chi connectivity index (χ1v) is 4.98. The molecule has 0 unspecified atom stereocenters. The quantitative estimate of drug-likeness (QED) is 0.823. The average Bonchev–Trinajstić information content (AvgIpc) is 2.83. The van der Waals surface area contributed by atoms with Crippen LogP contribution < -0.4 is 0 Å².